The van der Waals surface area contributed by atoms with Crippen molar-refractivity contribution in [1.82, 2.24) is 0 Å². The molecule has 4 nitrogen and oxygen atoms in total. The lowest BCUT2D eigenvalue weighted by atomic mass is 10.1. The van der Waals surface area contributed by atoms with Gasteiger partial charge >= 0.3 is 0 Å². The molecular formula is C16H17FN2O2. The van der Waals surface area contributed by atoms with E-state index in [1.165, 1.54) is 18.2 Å². The quantitative estimate of drug-likeness (QED) is 0.888. The van der Waals surface area contributed by atoms with Gasteiger partial charge in [-0.15, -0.1) is 0 Å². The van der Waals surface area contributed by atoms with Crippen LogP contribution in [0.1, 0.15) is 28.9 Å². The fourth-order valence-electron chi connectivity index (χ4n) is 2.02. The van der Waals surface area contributed by atoms with E-state index in [1.807, 2.05) is 31.2 Å². The first kappa shape index (κ1) is 14.8. The highest BCUT2D eigenvalue weighted by molar-refractivity contribution is 5.93. The van der Waals surface area contributed by atoms with Gasteiger partial charge in [-0.25, -0.2) is 4.39 Å². The Morgan fingerprint density at radius 3 is 2.71 bits per heavy atom. The summed E-state index contributed by atoms with van der Waals surface area (Å²) in [6, 6.07) is 11.3. The van der Waals surface area contributed by atoms with Crippen LogP contribution >= 0.6 is 0 Å². The summed E-state index contributed by atoms with van der Waals surface area (Å²) < 4.78 is 19.0. The second-order valence-corrected chi connectivity index (χ2v) is 4.70. The van der Waals surface area contributed by atoms with Gasteiger partial charge in [0, 0.05) is 11.6 Å². The highest BCUT2D eigenvalue weighted by Gasteiger charge is 2.11. The highest BCUT2D eigenvalue weighted by Crippen LogP contribution is 2.25. The average Bonchev–Trinajstić information content (AvgIpc) is 2.49. The molecule has 1 atom stereocenters. The predicted octanol–water partition coefficient (Wildman–Crippen LogP) is 3.11. The van der Waals surface area contributed by atoms with Gasteiger partial charge in [0.2, 0.25) is 5.91 Å². The van der Waals surface area contributed by atoms with E-state index in [0.29, 0.717) is 0 Å². The molecule has 2 aromatic rings. The fraction of sp³-hybridized carbons (Fsp3) is 0.188. The smallest absolute Gasteiger partial charge is 0.248 e. The zero-order chi connectivity index (χ0) is 15.4. The molecule has 0 aliphatic rings. The third kappa shape index (κ3) is 3.51. The largest absolute Gasteiger partial charge is 0.497 e. The van der Waals surface area contributed by atoms with Gasteiger partial charge in [-0.05, 0) is 42.8 Å². The molecule has 0 spiro atoms. The van der Waals surface area contributed by atoms with Crippen LogP contribution in [0.4, 0.5) is 10.1 Å². The SMILES string of the molecule is COc1cccc(C(C)Nc2cc(C(N)=O)ccc2F)c1. The average molecular weight is 288 g/mol. The number of hydrogen-bond acceptors (Lipinski definition) is 3. The first-order valence-corrected chi connectivity index (χ1v) is 6.51. The number of ether oxygens (including phenoxy) is 1. The van der Waals surface area contributed by atoms with E-state index in [9.17, 15) is 9.18 Å². The van der Waals surface area contributed by atoms with Gasteiger partial charge in [-0.1, -0.05) is 12.1 Å². The summed E-state index contributed by atoms with van der Waals surface area (Å²) in [5.74, 6) is -0.297. The molecule has 5 heteroatoms. The number of benzene rings is 2. The molecule has 0 radical (unpaired) electrons. The number of hydrogen-bond donors (Lipinski definition) is 2. The predicted molar refractivity (Wildman–Crippen MR) is 79.9 cm³/mol. The number of carbonyl (C=O) groups excluding carboxylic acids is 1. The van der Waals surface area contributed by atoms with Gasteiger partial charge in [0.1, 0.15) is 11.6 Å². The minimum absolute atomic E-state index is 0.155. The summed E-state index contributed by atoms with van der Waals surface area (Å²) in [7, 11) is 1.59. The van der Waals surface area contributed by atoms with E-state index in [-0.39, 0.29) is 17.3 Å². The van der Waals surface area contributed by atoms with E-state index in [4.69, 9.17) is 10.5 Å². The number of halogens is 1. The molecule has 0 heterocycles. The van der Waals surface area contributed by atoms with Crippen molar-refractivity contribution >= 4 is 11.6 Å². The molecule has 0 aromatic heterocycles. The molecule has 0 aliphatic heterocycles. The van der Waals surface area contributed by atoms with Crippen LogP contribution in [0, 0.1) is 5.82 Å². The normalized spacial score (nSPS) is 11.8. The topological polar surface area (TPSA) is 64.3 Å². The molecular weight excluding hydrogens is 271 g/mol. The molecule has 2 rings (SSSR count). The van der Waals surface area contributed by atoms with Crippen molar-refractivity contribution in [2.24, 2.45) is 5.73 Å². The van der Waals surface area contributed by atoms with Crippen molar-refractivity contribution in [2.75, 3.05) is 12.4 Å². The van der Waals surface area contributed by atoms with Gasteiger partial charge in [0.15, 0.2) is 0 Å². The lowest BCUT2D eigenvalue weighted by Gasteiger charge is -2.17. The molecule has 2 aromatic carbocycles. The zero-order valence-electron chi connectivity index (χ0n) is 11.9. The maximum absolute atomic E-state index is 13.8. The first-order chi connectivity index (χ1) is 10.0. The third-order valence-corrected chi connectivity index (χ3v) is 3.22. The van der Waals surface area contributed by atoms with Crippen LogP contribution < -0.4 is 15.8 Å². The lowest BCUT2D eigenvalue weighted by molar-refractivity contribution is 0.100. The van der Waals surface area contributed by atoms with Crippen LogP contribution in [0.2, 0.25) is 0 Å². The number of amides is 1. The molecule has 0 bridgehead atoms. The number of rotatable bonds is 5. The van der Waals surface area contributed by atoms with Crippen LogP contribution in [0.5, 0.6) is 5.75 Å². The number of carbonyl (C=O) groups is 1. The van der Waals surface area contributed by atoms with Crippen molar-refractivity contribution in [3.05, 3.63) is 59.4 Å². The minimum Gasteiger partial charge on any atom is -0.497 e. The third-order valence-electron chi connectivity index (χ3n) is 3.22. The van der Waals surface area contributed by atoms with Gasteiger partial charge in [0.05, 0.1) is 12.8 Å². The monoisotopic (exact) mass is 288 g/mol. The Bertz CT molecular complexity index is 658. The molecule has 1 unspecified atom stereocenters. The number of nitrogens with one attached hydrogen (secondary N) is 1. The van der Waals surface area contributed by atoms with Crippen molar-refractivity contribution in [3.8, 4) is 5.75 Å². The summed E-state index contributed by atoms with van der Waals surface area (Å²) in [5.41, 5.74) is 6.65. The van der Waals surface area contributed by atoms with Crippen LogP contribution in [-0.2, 0) is 0 Å². The summed E-state index contributed by atoms with van der Waals surface area (Å²) in [4.78, 5) is 11.2. The summed E-state index contributed by atoms with van der Waals surface area (Å²) in [6.07, 6.45) is 0. The van der Waals surface area contributed by atoms with E-state index in [0.717, 1.165) is 11.3 Å². The number of methoxy groups -OCH3 is 1. The molecule has 3 N–H and O–H groups in total. The van der Waals surface area contributed by atoms with Crippen LogP contribution in [-0.4, -0.2) is 13.0 Å². The summed E-state index contributed by atoms with van der Waals surface area (Å²) in [5, 5.41) is 3.03. The Morgan fingerprint density at radius 2 is 2.05 bits per heavy atom. The van der Waals surface area contributed by atoms with Crippen LogP contribution in [0.25, 0.3) is 0 Å². The Balaban J connectivity index is 2.24. The van der Waals surface area contributed by atoms with Crippen LogP contribution in [0.3, 0.4) is 0 Å². The van der Waals surface area contributed by atoms with E-state index in [2.05, 4.69) is 5.32 Å². The Labute approximate surface area is 122 Å². The number of primary amides is 1. The standard InChI is InChI=1S/C16H17FN2O2/c1-10(11-4-3-5-13(8-11)21-2)19-15-9-12(16(18)20)6-7-14(15)17/h3-10,19H,1-2H3,(H2,18,20). The van der Waals surface area contributed by atoms with Gasteiger partial charge < -0.3 is 15.8 Å². The van der Waals surface area contributed by atoms with Crippen LogP contribution in [0.15, 0.2) is 42.5 Å². The highest BCUT2D eigenvalue weighted by atomic mass is 19.1. The van der Waals surface area contributed by atoms with Crippen molar-refractivity contribution < 1.29 is 13.9 Å². The van der Waals surface area contributed by atoms with Crippen molar-refractivity contribution in [2.45, 2.75) is 13.0 Å². The van der Waals surface area contributed by atoms with Gasteiger partial charge in [0.25, 0.3) is 0 Å². The van der Waals surface area contributed by atoms with Gasteiger partial charge in [-0.3, -0.25) is 4.79 Å². The first-order valence-electron chi connectivity index (χ1n) is 6.51. The number of anilines is 1. The maximum Gasteiger partial charge on any atom is 0.248 e. The molecule has 0 fully saturated rings. The Morgan fingerprint density at radius 1 is 1.29 bits per heavy atom. The lowest BCUT2D eigenvalue weighted by Crippen LogP contribution is -2.13. The van der Waals surface area contributed by atoms with Crippen molar-refractivity contribution in [1.29, 1.82) is 0 Å². The summed E-state index contributed by atoms with van der Waals surface area (Å²) >= 11 is 0. The minimum atomic E-state index is -0.591. The van der Waals surface area contributed by atoms with Gasteiger partial charge in [-0.2, -0.15) is 0 Å². The van der Waals surface area contributed by atoms with E-state index < -0.39 is 11.7 Å². The molecule has 1 amide bonds. The molecule has 0 saturated heterocycles. The maximum atomic E-state index is 13.8. The fourth-order valence-corrected chi connectivity index (χ4v) is 2.02. The molecule has 110 valence electrons. The second-order valence-electron chi connectivity index (χ2n) is 4.70. The van der Waals surface area contributed by atoms with E-state index >= 15 is 0 Å². The Hall–Kier alpha value is -2.56. The molecule has 0 aliphatic carbocycles. The summed E-state index contributed by atoms with van der Waals surface area (Å²) in [6.45, 7) is 1.89. The molecule has 0 saturated carbocycles. The Kier molecular flexibility index (Phi) is 4.42. The van der Waals surface area contributed by atoms with E-state index in [1.54, 1.807) is 7.11 Å². The number of nitrogens with two attached hydrogens (primary N) is 1. The zero-order valence-corrected chi connectivity index (χ0v) is 11.9. The molecule has 21 heavy (non-hydrogen) atoms. The second kappa shape index (κ2) is 6.26. The van der Waals surface area contributed by atoms with Crippen molar-refractivity contribution in [3.63, 3.8) is 0 Å².